The Morgan fingerprint density at radius 1 is 0.846 bits per heavy atom. The van der Waals surface area contributed by atoms with Crippen LogP contribution in [0.2, 0.25) is 0 Å². The fourth-order valence-corrected chi connectivity index (χ4v) is 4.66. The normalized spacial score (nSPS) is 14.2. The van der Waals surface area contributed by atoms with Crippen LogP contribution >= 0.6 is 0 Å². The number of nitrogen functional groups attached to an aromatic ring is 1. The number of carboxylic acid groups (broad SMARTS) is 2. The highest BCUT2D eigenvalue weighted by molar-refractivity contribution is 6.27. The van der Waals surface area contributed by atoms with E-state index in [1.807, 2.05) is 24.3 Å². The molecule has 0 bridgehead atoms. The SMILES string of the molecule is Nc1ccc(OCCCN2CCC(C(O)(c3ccc(F)cc3)c3ccc(F)cc3)CC2)cc1.O=C(O)C(=O)O. The molecule has 208 valence electrons. The topological polar surface area (TPSA) is 133 Å². The lowest BCUT2D eigenvalue weighted by molar-refractivity contribution is -0.159. The first kappa shape index (κ1) is 29.5. The number of halogens is 2. The number of hydrogen-bond acceptors (Lipinski definition) is 6. The molecule has 0 atom stereocenters. The van der Waals surface area contributed by atoms with Crippen molar-refractivity contribution in [2.45, 2.75) is 24.9 Å². The molecule has 0 aliphatic carbocycles. The zero-order chi connectivity index (χ0) is 28.4. The molecule has 1 aliphatic heterocycles. The molecule has 3 aromatic carbocycles. The maximum atomic E-state index is 13.5. The van der Waals surface area contributed by atoms with Crippen molar-refractivity contribution in [2.75, 3.05) is 32.0 Å². The number of ether oxygens (including phenoxy) is 1. The number of rotatable bonds is 8. The smallest absolute Gasteiger partial charge is 0.414 e. The van der Waals surface area contributed by atoms with Gasteiger partial charge in [0.25, 0.3) is 0 Å². The molecular weight excluding hydrogens is 510 g/mol. The lowest BCUT2D eigenvalue weighted by Crippen LogP contribution is -2.44. The molecule has 0 spiro atoms. The van der Waals surface area contributed by atoms with Crippen LogP contribution in [0.25, 0.3) is 0 Å². The lowest BCUT2D eigenvalue weighted by Gasteiger charge is -2.42. The Balaban J connectivity index is 0.000000631. The number of likely N-dealkylation sites (tertiary alicyclic amines) is 1. The maximum Gasteiger partial charge on any atom is 0.414 e. The summed E-state index contributed by atoms with van der Waals surface area (Å²) in [6.45, 7) is 3.22. The number of benzene rings is 3. The Hall–Kier alpha value is -4.02. The maximum absolute atomic E-state index is 13.5. The van der Waals surface area contributed by atoms with Crippen molar-refractivity contribution in [1.29, 1.82) is 0 Å². The number of aliphatic carboxylic acids is 2. The van der Waals surface area contributed by atoms with Crippen molar-refractivity contribution in [3.63, 3.8) is 0 Å². The van der Waals surface area contributed by atoms with Crippen LogP contribution in [0.5, 0.6) is 5.75 Å². The summed E-state index contributed by atoms with van der Waals surface area (Å²) in [6, 6.07) is 19.3. The number of carbonyl (C=O) groups is 2. The van der Waals surface area contributed by atoms with Crippen molar-refractivity contribution in [3.8, 4) is 5.75 Å². The highest BCUT2D eigenvalue weighted by Crippen LogP contribution is 2.42. The summed E-state index contributed by atoms with van der Waals surface area (Å²) in [5.41, 5.74) is 6.37. The second-order valence-corrected chi connectivity index (χ2v) is 9.28. The molecule has 5 N–H and O–H groups in total. The van der Waals surface area contributed by atoms with E-state index in [1.165, 1.54) is 24.3 Å². The molecule has 0 radical (unpaired) electrons. The molecule has 1 heterocycles. The van der Waals surface area contributed by atoms with Gasteiger partial charge in [0, 0.05) is 12.2 Å². The van der Waals surface area contributed by atoms with Gasteiger partial charge in [-0.1, -0.05) is 24.3 Å². The van der Waals surface area contributed by atoms with Crippen molar-refractivity contribution < 1.29 is 38.4 Å². The average Bonchev–Trinajstić information content (AvgIpc) is 2.93. The molecule has 0 aromatic heterocycles. The van der Waals surface area contributed by atoms with E-state index in [9.17, 15) is 13.9 Å². The molecule has 0 saturated carbocycles. The van der Waals surface area contributed by atoms with Gasteiger partial charge in [0.1, 0.15) is 23.0 Å². The van der Waals surface area contributed by atoms with E-state index in [0.29, 0.717) is 23.4 Å². The number of carboxylic acids is 2. The minimum absolute atomic E-state index is 0.0595. The fraction of sp³-hybridized carbons (Fsp3) is 0.310. The third kappa shape index (κ3) is 8.23. The van der Waals surface area contributed by atoms with E-state index in [0.717, 1.165) is 44.6 Å². The Morgan fingerprint density at radius 3 is 1.74 bits per heavy atom. The van der Waals surface area contributed by atoms with Crippen molar-refractivity contribution in [3.05, 3.63) is 95.6 Å². The number of nitrogens with two attached hydrogens (primary N) is 1. The molecule has 1 aliphatic rings. The minimum atomic E-state index is -1.82. The second-order valence-electron chi connectivity index (χ2n) is 9.28. The molecule has 39 heavy (non-hydrogen) atoms. The lowest BCUT2D eigenvalue weighted by atomic mass is 9.72. The fourth-order valence-electron chi connectivity index (χ4n) is 4.66. The first-order chi connectivity index (χ1) is 18.6. The standard InChI is InChI=1S/C27H30F2N2O2.C2H2O4/c28-23-6-2-20(3-7-23)27(32,21-4-8-24(29)9-5-21)22-14-17-31(18-15-22)16-1-19-33-26-12-10-25(30)11-13-26;3-1(4)2(5)6/h2-13,22,32H,1,14-19,30H2;(H,3,4)(H,5,6). The minimum Gasteiger partial charge on any atom is -0.494 e. The van der Waals surface area contributed by atoms with Gasteiger partial charge in [-0.15, -0.1) is 0 Å². The molecule has 0 amide bonds. The highest BCUT2D eigenvalue weighted by atomic mass is 19.1. The van der Waals surface area contributed by atoms with E-state index in [1.54, 1.807) is 24.3 Å². The van der Waals surface area contributed by atoms with Crippen LogP contribution in [-0.4, -0.2) is 58.4 Å². The molecule has 4 rings (SSSR count). The Morgan fingerprint density at radius 2 is 1.31 bits per heavy atom. The number of nitrogens with zero attached hydrogens (tertiary/aromatic N) is 1. The molecule has 3 aromatic rings. The van der Waals surface area contributed by atoms with E-state index >= 15 is 0 Å². The highest BCUT2D eigenvalue weighted by Gasteiger charge is 2.41. The van der Waals surface area contributed by atoms with Gasteiger partial charge in [0.2, 0.25) is 0 Å². The molecule has 1 saturated heterocycles. The van der Waals surface area contributed by atoms with Crippen LogP contribution in [0.1, 0.15) is 30.4 Å². The van der Waals surface area contributed by atoms with Crippen LogP contribution in [0, 0.1) is 17.6 Å². The third-order valence-electron chi connectivity index (χ3n) is 6.70. The van der Waals surface area contributed by atoms with Crippen molar-refractivity contribution in [1.82, 2.24) is 4.90 Å². The summed E-state index contributed by atoms with van der Waals surface area (Å²) in [4.78, 5) is 20.6. The second kappa shape index (κ2) is 13.7. The van der Waals surface area contributed by atoms with Gasteiger partial charge in [-0.3, -0.25) is 0 Å². The van der Waals surface area contributed by atoms with E-state index in [2.05, 4.69) is 4.90 Å². The largest absolute Gasteiger partial charge is 0.494 e. The summed E-state index contributed by atoms with van der Waals surface area (Å²) in [7, 11) is 0. The van der Waals surface area contributed by atoms with E-state index in [4.69, 9.17) is 30.3 Å². The number of anilines is 1. The third-order valence-corrected chi connectivity index (χ3v) is 6.70. The monoisotopic (exact) mass is 542 g/mol. The van der Waals surface area contributed by atoms with Crippen LogP contribution in [0.3, 0.4) is 0 Å². The van der Waals surface area contributed by atoms with Crippen LogP contribution in [0.15, 0.2) is 72.8 Å². The van der Waals surface area contributed by atoms with E-state index < -0.39 is 17.5 Å². The number of piperidine rings is 1. The van der Waals surface area contributed by atoms with E-state index in [-0.39, 0.29) is 17.6 Å². The van der Waals surface area contributed by atoms with Gasteiger partial charge in [-0.25, -0.2) is 18.4 Å². The van der Waals surface area contributed by atoms with Crippen molar-refractivity contribution >= 4 is 17.6 Å². The van der Waals surface area contributed by atoms with Gasteiger partial charge < -0.3 is 30.7 Å². The Bertz CT molecular complexity index is 1150. The van der Waals surface area contributed by atoms with Gasteiger partial charge in [-0.05, 0) is 97.9 Å². The summed E-state index contributed by atoms with van der Waals surface area (Å²) in [5.74, 6) is -3.60. The molecule has 10 heteroatoms. The number of hydrogen-bond donors (Lipinski definition) is 4. The van der Waals surface area contributed by atoms with Gasteiger partial charge in [-0.2, -0.15) is 0 Å². The summed E-state index contributed by atoms with van der Waals surface area (Å²) >= 11 is 0. The predicted octanol–water partition coefficient (Wildman–Crippen LogP) is 4.12. The quantitative estimate of drug-likeness (QED) is 0.190. The van der Waals surface area contributed by atoms with Crippen LogP contribution in [0.4, 0.5) is 14.5 Å². The molecule has 0 unspecified atom stereocenters. The van der Waals surface area contributed by atoms with Crippen LogP contribution in [-0.2, 0) is 15.2 Å². The first-order valence-corrected chi connectivity index (χ1v) is 12.5. The van der Waals surface area contributed by atoms with Gasteiger partial charge in [0.15, 0.2) is 0 Å². The predicted molar refractivity (Wildman–Crippen MR) is 141 cm³/mol. The zero-order valence-corrected chi connectivity index (χ0v) is 21.3. The average molecular weight is 543 g/mol. The van der Waals surface area contributed by atoms with Crippen LogP contribution < -0.4 is 10.5 Å². The van der Waals surface area contributed by atoms with Gasteiger partial charge in [0.05, 0.1) is 6.61 Å². The number of aliphatic hydroxyl groups is 1. The van der Waals surface area contributed by atoms with Gasteiger partial charge >= 0.3 is 11.9 Å². The summed E-state index contributed by atoms with van der Waals surface area (Å²) in [6.07, 6.45) is 2.46. The summed E-state index contributed by atoms with van der Waals surface area (Å²) < 4.78 is 32.9. The molecule has 8 nitrogen and oxygen atoms in total. The molecule has 1 fully saturated rings. The first-order valence-electron chi connectivity index (χ1n) is 12.5. The Labute approximate surface area is 225 Å². The molecular formula is C29H32F2N2O6. The Kier molecular flexibility index (Phi) is 10.4. The zero-order valence-electron chi connectivity index (χ0n) is 21.3. The van der Waals surface area contributed by atoms with Crippen molar-refractivity contribution in [2.24, 2.45) is 5.92 Å². The summed E-state index contributed by atoms with van der Waals surface area (Å²) in [5, 5.41) is 26.7.